The summed E-state index contributed by atoms with van der Waals surface area (Å²) in [6.07, 6.45) is 2.16. The molecule has 1 aromatic rings. The summed E-state index contributed by atoms with van der Waals surface area (Å²) in [6.45, 7) is 0. The van der Waals surface area contributed by atoms with Gasteiger partial charge in [-0.3, -0.25) is 9.59 Å². The van der Waals surface area contributed by atoms with Crippen LogP contribution in [0.15, 0.2) is 33.9 Å². The number of ketones is 1. The van der Waals surface area contributed by atoms with Gasteiger partial charge in [0.2, 0.25) is 0 Å². The van der Waals surface area contributed by atoms with Crippen LogP contribution in [0.25, 0.3) is 10.4 Å². The highest BCUT2D eigenvalue weighted by atomic mass is 79.9. The molecule has 0 amide bonds. The van der Waals surface area contributed by atoms with Crippen molar-refractivity contribution < 1.29 is 14.7 Å². The monoisotopic (exact) mass is 377 g/mol. The number of nitrogens with zero attached hydrogens (tertiary/aromatic N) is 3. The van der Waals surface area contributed by atoms with E-state index < -0.39 is 23.8 Å². The number of halogens is 1. The first kappa shape index (κ1) is 16.0. The maximum atomic E-state index is 12.9. The topological polar surface area (TPSA) is 103 Å². The Bertz CT molecular complexity index is 684. The fourth-order valence-electron chi connectivity index (χ4n) is 3.64. The van der Waals surface area contributed by atoms with Crippen LogP contribution in [0.1, 0.15) is 30.9 Å². The number of carboxylic acid groups (broad SMARTS) is 1. The summed E-state index contributed by atoms with van der Waals surface area (Å²) in [5.41, 5.74) is 9.41. The fraction of sp³-hybridized carbons (Fsp3) is 0.500. The van der Waals surface area contributed by atoms with Gasteiger partial charge in [-0.25, -0.2) is 0 Å². The van der Waals surface area contributed by atoms with Crippen LogP contribution in [-0.2, 0) is 9.59 Å². The molecule has 0 bridgehead atoms. The minimum atomic E-state index is -0.963. The minimum Gasteiger partial charge on any atom is -0.481 e. The molecule has 0 aromatic heterocycles. The van der Waals surface area contributed by atoms with E-state index in [4.69, 9.17) is 5.53 Å². The van der Waals surface area contributed by atoms with E-state index in [1.807, 2.05) is 0 Å². The number of carboxylic acids is 1. The summed E-state index contributed by atoms with van der Waals surface area (Å²) < 4.78 is 0.857. The Morgan fingerprint density at radius 1 is 1.17 bits per heavy atom. The molecule has 2 aliphatic carbocycles. The van der Waals surface area contributed by atoms with Crippen molar-refractivity contribution in [1.29, 1.82) is 0 Å². The summed E-state index contributed by atoms with van der Waals surface area (Å²) in [6, 6.07) is 6.03. The quantitative estimate of drug-likeness (QED) is 0.474. The van der Waals surface area contributed by atoms with Crippen LogP contribution in [0.3, 0.4) is 0 Å². The minimum absolute atomic E-state index is 0.275. The Hall–Kier alpha value is -1.85. The molecule has 0 aliphatic heterocycles. The van der Waals surface area contributed by atoms with Crippen molar-refractivity contribution in [2.45, 2.75) is 25.3 Å². The van der Waals surface area contributed by atoms with E-state index in [0.29, 0.717) is 30.2 Å². The van der Waals surface area contributed by atoms with Crippen LogP contribution < -0.4 is 0 Å². The van der Waals surface area contributed by atoms with E-state index in [1.165, 1.54) is 0 Å². The van der Waals surface area contributed by atoms with E-state index in [1.54, 1.807) is 24.3 Å². The molecule has 2 aliphatic rings. The third kappa shape index (κ3) is 3.26. The van der Waals surface area contributed by atoms with Crippen LogP contribution in [0.4, 0.5) is 0 Å². The molecule has 0 spiro atoms. The number of fused-ring (bicyclic) bond motifs is 1. The Morgan fingerprint density at radius 3 is 2.35 bits per heavy atom. The molecule has 23 heavy (non-hydrogen) atoms. The van der Waals surface area contributed by atoms with Gasteiger partial charge in [-0.15, -0.1) is 0 Å². The number of hydrogen-bond acceptors (Lipinski definition) is 3. The van der Waals surface area contributed by atoms with Gasteiger partial charge in [-0.1, -0.05) is 33.2 Å². The second-order valence-electron chi connectivity index (χ2n) is 6.34. The number of Topliss-reactive ketones (excluding diaryl/α,β-unsaturated/α-hetero) is 1. The number of benzene rings is 1. The van der Waals surface area contributed by atoms with Gasteiger partial charge in [-0.2, -0.15) is 0 Å². The average molecular weight is 378 g/mol. The average Bonchev–Trinajstić information content (AvgIpc) is 3.30. The number of carbonyl (C=O) groups is 2. The summed E-state index contributed by atoms with van der Waals surface area (Å²) in [4.78, 5) is 27.2. The third-order valence-corrected chi connectivity index (χ3v) is 5.50. The second-order valence-corrected chi connectivity index (χ2v) is 7.26. The molecular formula is C16H16BrN3O3. The largest absolute Gasteiger partial charge is 0.481 e. The Kier molecular flexibility index (Phi) is 4.41. The molecular weight excluding hydrogens is 362 g/mol. The van der Waals surface area contributed by atoms with Gasteiger partial charge in [0.1, 0.15) is 11.8 Å². The van der Waals surface area contributed by atoms with Crippen molar-refractivity contribution in [2.75, 3.05) is 0 Å². The van der Waals surface area contributed by atoms with Crippen molar-refractivity contribution in [3.8, 4) is 0 Å². The van der Waals surface area contributed by atoms with E-state index in [-0.39, 0.29) is 5.78 Å². The first-order chi connectivity index (χ1) is 11.0. The molecule has 2 fully saturated rings. The van der Waals surface area contributed by atoms with Gasteiger partial charge >= 0.3 is 5.97 Å². The van der Waals surface area contributed by atoms with Gasteiger partial charge < -0.3 is 5.11 Å². The number of azide groups is 1. The van der Waals surface area contributed by atoms with Gasteiger partial charge in [0.15, 0.2) is 0 Å². The predicted molar refractivity (Wildman–Crippen MR) is 86.5 cm³/mol. The van der Waals surface area contributed by atoms with Crippen molar-refractivity contribution in [1.82, 2.24) is 0 Å². The Labute approximate surface area is 141 Å². The summed E-state index contributed by atoms with van der Waals surface area (Å²) in [5.74, 6) is -1.54. The molecule has 5 unspecified atom stereocenters. The molecule has 2 saturated carbocycles. The lowest BCUT2D eigenvalue weighted by Gasteiger charge is -2.29. The first-order valence-electron chi connectivity index (χ1n) is 7.57. The van der Waals surface area contributed by atoms with Crippen molar-refractivity contribution >= 4 is 27.7 Å². The summed E-state index contributed by atoms with van der Waals surface area (Å²) in [5, 5.41) is 13.1. The SMILES string of the molecule is [N-]=[N+]=NC(C(=O)C1CC2CC2CC1C(=O)O)c1ccc(Br)cc1. The van der Waals surface area contributed by atoms with Crippen LogP contribution in [-0.4, -0.2) is 16.9 Å². The van der Waals surface area contributed by atoms with E-state index in [9.17, 15) is 14.7 Å². The molecule has 5 atom stereocenters. The summed E-state index contributed by atoms with van der Waals surface area (Å²) >= 11 is 3.32. The highest BCUT2D eigenvalue weighted by molar-refractivity contribution is 9.10. The van der Waals surface area contributed by atoms with Gasteiger partial charge in [0.05, 0.1) is 5.92 Å². The number of carbonyl (C=O) groups excluding carboxylic acids is 1. The molecule has 1 N–H and O–H groups in total. The maximum absolute atomic E-state index is 12.9. The van der Waals surface area contributed by atoms with Gasteiger partial charge in [-0.05, 0) is 54.3 Å². The molecule has 7 heteroatoms. The lowest BCUT2D eigenvalue weighted by Crippen LogP contribution is -2.35. The zero-order valence-electron chi connectivity index (χ0n) is 12.3. The van der Waals surface area contributed by atoms with Gasteiger partial charge in [0, 0.05) is 15.3 Å². The molecule has 0 radical (unpaired) electrons. The standard InChI is InChI=1S/C16H16BrN3O3/c17-11-3-1-8(2-4-11)14(19-20-18)15(21)12-6-9-5-10(9)7-13(12)16(22)23/h1-4,9-10,12-14H,5-7H2,(H,22,23). The molecule has 3 rings (SSSR count). The first-order valence-corrected chi connectivity index (χ1v) is 8.36. The Morgan fingerprint density at radius 2 is 1.78 bits per heavy atom. The molecule has 120 valence electrons. The smallest absolute Gasteiger partial charge is 0.307 e. The van der Waals surface area contributed by atoms with E-state index in [0.717, 1.165) is 10.9 Å². The normalized spacial score (nSPS) is 29.8. The zero-order valence-corrected chi connectivity index (χ0v) is 13.9. The number of aliphatic carboxylic acids is 1. The highest BCUT2D eigenvalue weighted by Crippen LogP contribution is 2.54. The second kappa shape index (κ2) is 6.34. The summed E-state index contributed by atoms with van der Waals surface area (Å²) in [7, 11) is 0. The van der Waals surface area contributed by atoms with Crippen LogP contribution in [0.2, 0.25) is 0 Å². The highest BCUT2D eigenvalue weighted by Gasteiger charge is 2.51. The maximum Gasteiger partial charge on any atom is 0.307 e. The van der Waals surface area contributed by atoms with Crippen molar-refractivity contribution in [3.05, 3.63) is 44.7 Å². The van der Waals surface area contributed by atoms with Gasteiger partial charge in [0.25, 0.3) is 0 Å². The zero-order chi connectivity index (χ0) is 16.6. The van der Waals surface area contributed by atoms with Crippen LogP contribution in [0.5, 0.6) is 0 Å². The van der Waals surface area contributed by atoms with E-state index >= 15 is 0 Å². The fourth-order valence-corrected chi connectivity index (χ4v) is 3.91. The van der Waals surface area contributed by atoms with Crippen molar-refractivity contribution in [3.63, 3.8) is 0 Å². The van der Waals surface area contributed by atoms with Crippen LogP contribution >= 0.6 is 15.9 Å². The number of hydrogen-bond donors (Lipinski definition) is 1. The lowest BCUT2D eigenvalue weighted by molar-refractivity contribution is -0.148. The molecule has 0 saturated heterocycles. The lowest BCUT2D eigenvalue weighted by atomic mass is 9.74. The number of rotatable bonds is 5. The third-order valence-electron chi connectivity index (χ3n) is 4.97. The van der Waals surface area contributed by atoms with E-state index in [2.05, 4.69) is 26.0 Å². The van der Waals surface area contributed by atoms with Crippen LogP contribution in [0, 0.1) is 23.7 Å². The molecule has 6 nitrogen and oxygen atoms in total. The predicted octanol–water partition coefficient (Wildman–Crippen LogP) is 4.12. The molecule has 0 heterocycles. The van der Waals surface area contributed by atoms with Crippen molar-refractivity contribution in [2.24, 2.45) is 28.8 Å². The molecule has 1 aromatic carbocycles. The Balaban J connectivity index is 1.89.